The second kappa shape index (κ2) is 9.50. The number of aromatic nitrogens is 5. The Balaban J connectivity index is 1.28. The van der Waals surface area contributed by atoms with Gasteiger partial charge in [0.15, 0.2) is 0 Å². The first kappa shape index (κ1) is 20.7. The maximum atomic E-state index is 5.91. The summed E-state index contributed by atoms with van der Waals surface area (Å²) in [5.41, 5.74) is 5.31. The molecule has 3 aromatic carbocycles. The van der Waals surface area contributed by atoms with Gasteiger partial charge in [0, 0.05) is 37.5 Å². The molecular formula is C26H24N6O. The van der Waals surface area contributed by atoms with E-state index < -0.39 is 0 Å². The lowest BCUT2D eigenvalue weighted by Gasteiger charge is -2.10. The summed E-state index contributed by atoms with van der Waals surface area (Å²) >= 11 is 0. The van der Waals surface area contributed by atoms with Crippen molar-refractivity contribution in [2.24, 2.45) is 7.05 Å². The van der Waals surface area contributed by atoms with Crippen molar-refractivity contribution in [3.63, 3.8) is 0 Å². The normalized spacial score (nSPS) is 10.9. The first-order valence-corrected chi connectivity index (χ1v) is 10.8. The van der Waals surface area contributed by atoms with Crippen LogP contribution in [0.1, 0.15) is 11.1 Å². The van der Waals surface area contributed by atoms with Gasteiger partial charge in [-0.2, -0.15) is 10.2 Å². The molecule has 2 heterocycles. The van der Waals surface area contributed by atoms with Crippen molar-refractivity contribution in [1.29, 1.82) is 0 Å². The summed E-state index contributed by atoms with van der Waals surface area (Å²) in [6.07, 6.45) is 5.31. The number of hydrogen-bond acceptors (Lipinski definition) is 5. The van der Waals surface area contributed by atoms with Gasteiger partial charge in [-0.15, -0.1) is 0 Å². The van der Waals surface area contributed by atoms with Crippen LogP contribution in [0.25, 0.3) is 16.9 Å². The number of hydrogen-bond donors (Lipinski definition) is 1. The van der Waals surface area contributed by atoms with E-state index in [1.165, 1.54) is 0 Å². The molecule has 0 saturated carbocycles. The number of nitrogens with one attached hydrogen (secondary N) is 1. The maximum absolute atomic E-state index is 5.91. The van der Waals surface area contributed by atoms with Crippen molar-refractivity contribution in [1.82, 2.24) is 29.9 Å². The number of ether oxygens (including phenoxy) is 1. The summed E-state index contributed by atoms with van der Waals surface area (Å²) in [6.45, 7) is 1.39. The highest BCUT2D eigenvalue weighted by Gasteiger charge is 2.11. The molecule has 0 bridgehead atoms. The molecule has 5 rings (SSSR count). The van der Waals surface area contributed by atoms with Gasteiger partial charge in [0.1, 0.15) is 24.2 Å². The van der Waals surface area contributed by atoms with Crippen LogP contribution >= 0.6 is 0 Å². The predicted molar refractivity (Wildman–Crippen MR) is 127 cm³/mol. The summed E-state index contributed by atoms with van der Waals surface area (Å²) in [5, 5.41) is 12.5. The standard InChI is InChI=1S/C26H24N6O/c1-31-17-22(16-27-15-21-7-5-6-10-25(21)32-19-28-18-29-32)26(30-31)20-11-13-24(14-12-20)33-23-8-3-2-4-9-23/h2-14,17-19,27H,15-16H2,1H3. The fourth-order valence-electron chi connectivity index (χ4n) is 3.76. The average molecular weight is 437 g/mol. The van der Waals surface area contributed by atoms with E-state index in [4.69, 9.17) is 9.84 Å². The summed E-state index contributed by atoms with van der Waals surface area (Å²) in [4.78, 5) is 4.06. The number of benzene rings is 3. The van der Waals surface area contributed by atoms with E-state index in [0.717, 1.165) is 39.6 Å². The fraction of sp³-hybridized carbons (Fsp3) is 0.115. The minimum Gasteiger partial charge on any atom is -0.457 e. The molecule has 0 spiro atoms. The molecule has 0 saturated heterocycles. The highest BCUT2D eigenvalue weighted by Crippen LogP contribution is 2.27. The Morgan fingerprint density at radius 1 is 0.818 bits per heavy atom. The van der Waals surface area contributed by atoms with Crippen LogP contribution in [-0.4, -0.2) is 24.5 Å². The van der Waals surface area contributed by atoms with Crippen LogP contribution in [-0.2, 0) is 20.1 Å². The van der Waals surface area contributed by atoms with E-state index in [1.807, 2.05) is 84.5 Å². The quantitative estimate of drug-likeness (QED) is 0.380. The van der Waals surface area contributed by atoms with Crippen molar-refractivity contribution < 1.29 is 4.74 Å². The third kappa shape index (κ3) is 4.83. The van der Waals surface area contributed by atoms with Gasteiger partial charge in [-0.3, -0.25) is 4.68 Å². The Labute approximate surface area is 192 Å². The number of para-hydroxylation sites is 2. The van der Waals surface area contributed by atoms with E-state index in [2.05, 4.69) is 27.7 Å². The largest absolute Gasteiger partial charge is 0.457 e. The molecule has 0 unspecified atom stereocenters. The SMILES string of the molecule is Cn1cc(CNCc2ccccc2-n2cncn2)c(-c2ccc(Oc3ccccc3)cc2)n1. The Kier molecular flexibility index (Phi) is 5.95. The van der Waals surface area contributed by atoms with Crippen LogP contribution < -0.4 is 10.1 Å². The second-order valence-electron chi connectivity index (χ2n) is 7.69. The van der Waals surface area contributed by atoms with Crippen molar-refractivity contribution in [3.05, 3.63) is 109 Å². The monoisotopic (exact) mass is 436 g/mol. The van der Waals surface area contributed by atoms with Gasteiger partial charge in [-0.05, 0) is 48.0 Å². The third-order valence-corrected chi connectivity index (χ3v) is 5.30. The number of aryl methyl sites for hydroxylation is 1. The van der Waals surface area contributed by atoms with Crippen LogP contribution in [0.15, 0.2) is 97.7 Å². The van der Waals surface area contributed by atoms with Gasteiger partial charge in [-0.25, -0.2) is 9.67 Å². The zero-order valence-electron chi connectivity index (χ0n) is 18.3. The smallest absolute Gasteiger partial charge is 0.138 e. The highest BCUT2D eigenvalue weighted by atomic mass is 16.5. The molecule has 0 radical (unpaired) electrons. The first-order valence-electron chi connectivity index (χ1n) is 10.8. The van der Waals surface area contributed by atoms with E-state index in [0.29, 0.717) is 13.1 Å². The van der Waals surface area contributed by atoms with Crippen molar-refractivity contribution in [2.75, 3.05) is 0 Å². The lowest BCUT2D eigenvalue weighted by molar-refractivity contribution is 0.483. The van der Waals surface area contributed by atoms with E-state index in [1.54, 1.807) is 17.3 Å². The topological polar surface area (TPSA) is 69.8 Å². The molecule has 0 amide bonds. The first-order chi connectivity index (χ1) is 16.3. The molecule has 0 aliphatic heterocycles. The van der Waals surface area contributed by atoms with Gasteiger partial charge in [0.25, 0.3) is 0 Å². The molecule has 164 valence electrons. The van der Waals surface area contributed by atoms with E-state index in [9.17, 15) is 0 Å². The number of rotatable bonds is 8. The van der Waals surface area contributed by atoms with Crippen LogP contribution in [0.2, 0.25) is 0 Å². The molecule has 33 heavy (non-hydrogen) atoms. The summed E-state index contributed by atoms with van der Waals surface area (Å²) < 4.78 is 9.55. The summed E-state index contributed by atoms with van der Waals surface area (Å²) in [7, 11) is 1.94. The highest BCUT2D eigenvalue weighted by molar-refractivity contribution is 5.63. The van der Waals surface area contributed by atoms with E-state index in [-0.39, 0.29) is 0 Å². The van der Waals surface area contributed by atoms with Gasteiger partial charge >= 0.3 is 0 Å². The van der Waals surface area contributed by atoms with Crippen molar-refractivity contribution >= 4 is 0 Å². The van der Waals surface area contributed by atoms with Gasteiger partial charge in [0.05, 0.1) is 11.4 Å². The predicted octanol–water partition coefficient (Wildman–Crippen LogP) is 4.75. The van der Waals surface area contributed by atoms with Gasteiger partial charge in [-0.1, -0.05) is 36.4 Å². The number of nitrogens with zero attached hydrogens (tertiary/aromatic N) is 5. The minimum atomic E-state index is 0.692. The van der Waals surface area contributed by atoms with Crippen molar-refractivity contribution in [2.45, 2.75) is 13.1 Å². The third-order valence-electron chi connectivity index (χ3n) is 5.30. The molecule has 0 fully saturated rings. The van der Waals surface area contributed by atoms with Gasteiger partial charge in [0.2, 0.25) is 0 Å². The Hall–Kier alpha value is -4.23. The lowest BCUT2D eigenvalue weighted by atomic mass is 10.1. The van der Waals surface area contributed by atoms with Crippen molar-refractivity contribution in [3.8, 4) is 28.4 Å². The molecule has 0 aliphatic carbocycles. The van der Waals surface area contributed by atoms with E-state index >= 15 is 0 Å². The zero-order valence-corrected chi connectivity index (χ0v) is 18.3. The molecule has 0 atom stereocenters. The molecule has 1 N–H and O–H groups in total. The molecule has 7 heteroatoms. The Bertz CT molecular complexity index is 1310. The second-order valence-corrected chi connectivity index (χ2v) is 7.69. The zero-order chi connectivity index (χ0) is 22.5. The van der Waals surface area contributed by atoms with Crippen LogP contribution in [0.5, 0.6) is 11.5 Å². The molecule has 5 aromatic rings. The summed E-state index contributed by atoms with van der Waals surface area (Å²) in [6, 6.07) is 26.0. The summed E-state index contributed by atoms with van der Waals surface area (Å²) in [5.74, 6) is 1.62. The van der Waals surface area contributed by atoms with Crippen LogP contribution in [0.4, 0.5) is 0 Å². The lowest BCUT2D eigenvalue weighted by Crippen LogP contribution is -2.15. The maximum Gasteiger partial charge on any atom is 0.138 e. The average Bonchev–Trinajstić information content (AvgIpc) is 3.51. The minimum absolute atomic E-state index is 0.692. The molecule has 2 aromatic heterocycles. The van der Waals surface area contributed by atoms with Gasteiger partial charge < -0.3 is 10.1 Å². The molecule has 7 nitrogen and oxygen atoms in total. The fourth-order valence-corrected chi connectivity index (χ4v) is 3.76. The van der Waals surface area contributed by atoms with Crippen LogP contribution in [0.3, 0.4) is 0 Å². The molecule has 0 aliphatic rings. The Morgan fingerprint density at radius 2 is 1.55 bits per heavy atom. The van der Waals surface area contributed by atoms with Crippen LogP contribution in [0, 0.1) is 0 Å². The molecular weight excluding hydrogens is 412 g/mol. The Morgan fingerprint density at radius 3 is 2.33 bits per heavy atom.